The minimum Gasteiger partial charge on any atom is -0.348 e. The van der Waals surface area contributed by atoms with E-state index in [1.165, 1.54) is 6.07 Å². The molecule has 184 valence electrons. The lowest BCUT2D eigenvalue weighted by Crippen LogP contribution is -2.30. The van der Waals surface area contributed by atoms with Gasteiger partial charge < -0.3 is 9.47 Å². The van der Waals surface area contributed by atoms with Gasteiger partial charge in [0.15, 0.2) is 29.6 Å². The van der Waals surface area contributed by atoms with Crippen LogP contribution in [-0.4, -0.2) is 19.5 Å². The molecule has 3 aromatic rings. The van der Waals surface area contributed by atoms with Gasteiger partial charge in [-0.05, 0) is 48.1 Å². The lowest BCUT2D eigenvalue weighted by atomic mass is 9.94. The van der Waals surface area contributed by atoms with E-state index in [0.29, 0.717) is 23.1 Å². The molecule has 0 aromatic heterocycles. The predicted molar refractivity (Wildman–Crippen MR) is 129 cm³/mol. The van der Waals surface area contributed by atoms with Crippen molar-refractivity contribution >= 4 is 0 Å². The van der Waals surface area contributed by atoms with Gasteiger partial charge in [-0.3, -0.25) is 0 Å². The highest BCUT2D eigenvalue weighted by atomic mass is 19.2. The maximum Gasteiger partial charge on any atom is 0.176 e. The van der Waals surface area contributed by atoms with E-state index in [-0.39, 0.29) is 29.9 Å². The maximum absolute atomic E-state index is 15.0. The molecule has 0 aliphatic carbocycles. The van der Waals surface area contributed by atoms with Crippen molar-refractivity contribution in [2.75, 3.05) is 13.2 Å². The average Bonchev–Trinajstić information content (AvgIpc) is 2.88. The smallest absolute Gasteiger partial charge is 0.176 e. The summed E-state index contributed by atoms with van der Waals surface area (Å²) in [6.07, 6.45) is 5.23. The first-order valence-corrected chi connectivity index (χ1v) is 11.9. The number of aryl methyl sites for hydroxylation is 1. The second kappa shape index (κ2) is 11.2. The molecule has 1 aliphatic heterocycles. The molecule has 0 saturated carbocycles. The Balaban J connectivity index is 1.55. The maximum atomic E-state index is 15.0. The first kappa shape index (κ1) is 25.1. The van der Waals surface area contributed by atoms with Gasteiger partial charge in [-0.1, -0.05) is 68.0 Å². The molecule has 6 heteroatoms. The molecule has 0 radical (unpaired) electrons. The van der Waals surface area contributed by atoms with Crippen molar-refractivity contribution in [3.63, 3.8) is 0 Å². The number of hydrogen-bond acceptors (Lipinski definition) is 2. The van der Waals surface area contributed by atoms with Crippen molar-refractivity contribution in [3.8, 4) is 22.3 Å². The molecule has 3 aromatic carbocycles. The minimum absolute atomic E-state index is 0.0869. The van der Waals surface area contributed by atoms with E-state index < -0.39 is 35.5 Å². The lowest BCUT2D eigenvalue weighted by molar-refractivity contribution is -0.159. The summed E-state index contributed by atoms with van der Waals surface area (Å²) in [5, 5.41) is 0. The Bertz CT molecular complexity index is 1200. The Morgan fingerprint density at radius 1 is 0.771 bits per heavy atom. The van der Waals surface area contributed by atoms with Gasteiger partial charge in [0.05, 0.1) is 13.2 Å². The van der Waals surface area contributed by atoms with E-state index in [4.69, 9.17) is 9.47 Å². The third-order valence-electron chi connectivity index (χ3n) is 6.29. The van der Waals surface area contributed by atoms with Crippen LogP contribution in [0.15, 0.2) is 60.7 Å². The van der Waals surface area contributed by atoms with E-state index in [1.807, 2.05) is 13.8 Å². The number of unbranched alkanes of at least 4 members (excludes halogenated alkanes) is 1. The second-order valence-electron chi connectivity index (χ2n) is 8.67. The highest BCUT2D eigenvalue weighted by Crippen LogP contribution is 2.34. The van der Waals surface area contributed by atoms with Gasteiger partial charge >= 0.3 is 0 Å². The normalized spacial score (nSPS) is 18.3. The lowest BCUT2D eigenvalue weighted by Gasteiger charge is -2.28. The first-order valence-electron chi connectivity index (χ1n) is 11.9. The van der Waals surface area contributed by atoms with Gasteiger partial charge in [0, 0.05) is 17.0 Å². The fourth-order valence-corrected chi connectivity index (χ4v) is 4.27. The standard InChI is InChI=1S/C29H28F4O2/c1-3-5-7-20-12-13-22(27(31)26(20)30)18-8-10-19(11-9-18)23-14-15-24(29(33)28(23)32)21-16-34-25(6-4-2)35-17-21/h4,6,8-15,21,25H,3,5,7,16-17H2,1-2H3. The van der Waals surface area contributed by atoms with Gasteiger partial charge in [-0.15, -0.1) is 0 Å². The molecule has 0 bridgehead atoms. The van der Waals surface area contributed by atoms with Crippen molar-refractivity contribution in [1.29, 1.82) is 0 Å². The van der Waals surface area contributed by atoms with E-state index in [0.717, 1.165) is 12.8 Å². The summed E-state index contributed by atoms with van der Waals surface area (Å²) in [6, 6.07) is 12.5. The van der Waals surface area contributed by atoms with Crippen LogP contribution in [-0.2, 0) is 15.9 Å². The molecule has 1 saturated heterocycles. The summed E-state index contributed by atoms with van der Waals surface area (Å²) >= 11 is 0. The fourth-order valence-electron chi connectivity index (χ4n) is 4.27. The first-order chi connectivity index (χ1) is 16.9. The summed E-state index contributed by atoms with van der Waals surface area (Å²) in [4.78, 5) is 0. The number of halogens is 4. The summed E-state index contributed by atoms with van der Waals surface area (Å²) in [5.41, 5.74) is 1.66. The van der Waals surface area contributed by atoms with Crippen LogP contribution in [0.3, 0.4) is 0 Å². The fraction of sp³-hybridized carbons (Fsp3) is 0.310. The Morgan fingerprint density at radius 3 is 1.91 bits per heavy atom. The molecule has 4 rings (SSSR count). The zero-order chi connectivity index (χ0) is 24.9. The van der Waals surface area contributed by atoms with Crippen LogP contribution >= 0.6 is 0 Å². The quantitative estimate of drug-likeness (QED) is 0.250. The van der Waals surface area contributed by atoms with Crippen LogP contribution in [0.1, 0.15) is 43.7 Å². The van der Waals surface area contributed by atoms with E-state index in [1.54, 1.807) is 54.6 Å². The molecule has 0 N–H and O–H groups in total. The van der Waals surface area contributed by atoms with Crippen molar-refractivity contribution in [2.24, 2.45) is 0 Å². The zero-order valence-corrected chi connectivity index (χ0v) is 19.8. The highest BCUT2D eigenvalue weighted by Gasteiger charge is 2.26. The molecule has 1 aliphatic rings. The molecule has 0 amide bonds. The van der Waals surface area contributed by atoms with Crippen molar-refractivity contribution in [3.05, 3.63) is 95.1 Å². The molecular weight excluding hydrogens is 456 g/mol. The van der Waals surface area contributed by atoms with Crippen LogP contribution in [0, 0.1) is 23.3 Å². The van der Waals surface area contributed by atoms with Gasteiger partial charge in [0.2, 0.25) is 0 Å². The molecule has 1 heterocycles. The van der Waals surface area contributed by atoms with E-state index in [2.05, 4.69) is 0 Å². The average molecular weight is 485 g/mol. The molecule has 0 atom stereocenters. The SMILES string of the molecule is CC=CC1OCC(c2ccc(-c3ccc(-c4ccc(CCCC)c(F)c4F)cc3)c(F)c2F)CO1. The molecule has 2 nitrogen and oxygen atoms in total. The summed E-state index contributed by atoms with van der Waals surface area (Å²) in [6.45, 7) is 4.28. The molecule has 0 spiro atoms. The zero-order valence-electron chi connectivity index (χ0n) is 19.8. The van der Waals surface area contributed by atoms with Crippen LogP contribution in [0.4, 0.5) is 17.6 Å². The highest BCUT2D eigenvalue weighted by molar-refractivity contribution is 5.71. The molecular formula is C29H28F4O2. The summed E-state index contributed by atoms with van der Waals surface area (Å²) < 4.78 is 70.2. The molecule has 35 heavy (non-hydrogen) atoms. The number of hydrogen-bond donors (Lipinski definition) is 0. The van der Waals surface area contributed by atoms with Crippen LogP contribution < -0.4 is 0 Å². The monoisotopic (exact) mass is 484 g/mol. The van der Waals surface area contributed by atoms with Crippen molar-refractivity contribution in [2.45, 2.75) is 45.3 Å². The van der Waals surface area contributed by atoms with Gasteiger partial charge in [-0.25, -0.2) is 17.6 Å². The largest absolute Gasteiger partial charge is 0.348 e. The van der Waals surface area contributed by atoms with Crippen LogP contribution in [0.2, 0.25) is 0 Å². The molecule has 1 fully saturated rings. The third-order valence-corrected chi connectivity index (χ3v) is 6.29. The molecule has 0 unspecified atom stereocenters. The number of benzene rings is 3. The topological polar surface area (TPSA) is 18.5 Å². The Labute approximate surface area is 203 Å². The Kier molecular flexibility index (Phi) is 8.04. The van der Waals surface area contributed by atoms with Crippen molar-refractivity contribution < 1.29 is 27.0 Å². The second-order valence-corrected chi connectivity index (χ2v) is 8.67. The predicted octanol–water partition coefficient (Wildman–Crippen LogP) is 7.95. The number of ether oxygens (including phenoxy) is 2. The Morgan fingerprint density at radius 2 is 1.34 bits per heavy atom. The van der Waals surface area contributed by atoms with Crippen LogP contribution in [0.5, 0.6) is 0 Å². The van der Waals surface area contributed by atoms with Gasteiger partial charge in [0.25, 0.3) is 0 Å². The summed E-state index contributed by atoms with van der Waals surface area (Å²) in [7, 11) is 0. The Hall–Kier alpha value is -2.96. The van der Waals surface area contributed by atoms with E-state index in [9.17, 15) is 13.2 Å². The van der Waals surface area contributed by atoms with Gasteiger partial charge in [0.1, 0.15) is 0 Å². The van der Waals surface area contributed by atoms with Crippen LogP contribution in [0.25, 0.3) is 22.3 Å². The van der Waals surface area contributed by atoms with E-state index >= 15 is 4.39 Å². The van der Waals surface area contributed by atoms with Crippen molar-refractivity contribution in [1.82, 2.24) is 0 Å². The minimum atomic E-state index is -0.969. The third kappa shape index (κ3) is 5.34. The summed E-state index contributed by atoms with van der Waals surface area (Å²) in [5.74, 6) is -4.06. The van der Waals surface area contributed by atoms with Gasteiger partial charge in [-0.2, -0.15) is 0 Å². The number of rotatable bonds is 7. The number of allylic oxidation sites excluding steroid dienone is 1.